The molecule has 0 atom stereocenters. The minimum Gasteiger partial charge on any atom is -0.490 e. The molecule has 1 heterocycles. The zero-order valence-corrected chi connectivity index (χ0v) is 21.2. The van der Waals surface area contributed by atoms with Gasteiger partial charge in [0.05, 0.1) is 21.7 Å². The number of nitrogens with zero attached hydrogens (tertiary/aromatic N) is 1. The number of hydrogen-bond donors (Lipinski definition) is 2. The van der Waals surface area contributed by atoms with E-state index >= 15 is 0 Å². The molecule has 2 aromatic rings. The summed E-state index contributed by atoms with van der Waals surface area (Å²) in [5.41, 5.74) is 0.788. The maximum atomic E-state index is 13.2. The third-order valence-electron chi connectivity index (χ3n) is 5.61. The Labute approximate surface area is 201 Å². The zero-order chi connectivity index (χ0) is 25.1. The van der Waals surface area contributed by atoms with Gasteiger partial charge in [-0.2, -0.15) is 0 Å². The Balaban J connectivity index is 1.85. The van der Waals surface area contributed by atoms with E-state index in [1.807, 2.05) is 13.8 Å². The molecule has 0 saturated carbocycles. The van der Waals surface area contributed by atoms with Crippen LogP contribution in [0.3, 0.4) is 0 Å². The Bertz CT molecular complexity index is 1160. The molecule has 2 N–H and O–H groups in total. The van der Waals surface area contributed by atoms with E-state index in [2.05, 4.69) is 23.9 Å². The molecular weight excluding hydrogens is 454 g/mol. The fourth-order valence-electron chi connectivity index (χ4n) is 3.50. The normalized spacial score (nSPS) is 15.4. The van der Waals surface area contributed by atoms with Crippen LogP contribution in [0.4, 0.5) is 17.1 Å². The number of rotatable bonds is 8. The summed E-state index contributed by atoms with van der Waals surface area (Å²) in [7, 11) is -3.87. The summed E-state index contributed by atoms with van der Waals surface area (Å²) in [5, 5.41) is 2.69. The Morgan fingerprint density at radius 2 is 1.76 bits per heavy atom. The lowest BCUT2D eigenvalue weighted by molar-refractivity contribution is -0.127. The van der Waals surface area contributed by atoms with Crippen molar-refractivity contribution in [1.82, 2.24) is 0 Å². The van der Waals surface area contributed by atoms with Gasteiger partial charge in [0, 0.05) is 24.7 Å². The summed E-state index contributed by atoms with van der Waals surface area (Å²) >= 11 is 0. The first-order chi connectivity index (χ1) is 15.9. The smallest absolute Gasteiger partial charge is 0.261 e. The van der Waals surface area contributed by atoms with Crippen molar-refractivity contribution in [3.63, 3.8) is 0 Å². The van der Waals surface area contributed by atoms with Crippen molar-refractivity contribution in [2.24, 2.45) is 11.3 Å². The molecule has 0 bridgehead atoms. The van der Waals surface area contributed by atoms with E-state index in [9.17, 15) is 18.0 Å². The average molecular weight is 488 g/mol. The first-order valence-corrected chi connectivity index (χ1v) is 12.9. The highest BCUT2D eigenvalue weighted by molar-refractivity contribution is 7.92. The van der Waals surface area contributed by atoms with Crippen LogP contribution in [0.1, 0.15) is 47.5 Å². The highest BCUT2D eigenvalue weighted by Crippen LogP contribution is 2.39. The molecule has 1 aliphatic heterocycles. The van der Waals surface area contributed by atoms with E-state index in [0.717, 1.165) is 6.42 Å². The highest BCUT2D eigenvalue weighted by Gasteiger charge is 2.37. The van der Waals surface area contributed by atoms with Crippen LogP contribution < -0.4 is 19.7 Å². The van der Waals surface area contributed by atoms with Crippen LogP contribution in [0.2, 0.25) is 0 Å². The number of sulfonamides is 1. The molecule has 184 valence electrons. The number of carbonyl (C=O) groups excluding carboxylic acids is 2. The lowest BCUT2D eigenvalue weighted by Gasteiger charge is -2.28. The van der Waals surface area contributed by atoms with E-state index < -0.39 is 15.4 Å². The minimum atomic E-state index is -3.87. The second-order valence-corrected chi connectivity index (χ2v) is 11.2. The number of fused-ring (bicyclic) bond motifs is 1. The van der Waals surface area contributed by atoms with Crippen LogP contribution in [0.5, 0.6) is 5.75 Å². The van der Waals surface area contributed by atoms with E-state index in [-0.39, 0.29) is 23.3 Å². The summed E-state index contributed by atoms with van der Waals surface area (Å²) in [5.74, 6) is 0.718. The zero-order valence-electron chi connectivity index (χ0n) is 20.3. The van der Waals surface area contributed by atoms with Gasteiger partial charge in [-0.25, -0.2) is 8.42 Å². The standard InChI is InChI=1S/C25H33N3O5S/c1-6-23(29)26-18-7-10-20(11-8-18)34(31,32)27-19-9-12-21-22(15-19)33-16-25(4,5)24(30)28(21)14-13-17(2)3/h7-12,15,17,27H,6,13-14,16H2,1-5H3,(H,26,29). The molecule has 0 aliphatic carbocycles. The molecule has 0 spiro atoms. The van der Waals surface area contributed by atoms with Crippen molar-refractivity contribution >= 4 is 38.9 Å². The van der Waals surface area contributed by atoms with Crippen molar-refractivity contribution in [1.29, 1.82) is 0 Å². The van der Waals surface area contributed by atoms with Crippen molar-refractivity contribution in [3.05, 3.63) is 42.5 Å². The van der Waals surface area contributed by atoms with Gasteiger partial charge in [0.1, 0.15) is 12.4 Å². The van der Waals surface area contributed by atoms with Crippen molar-refractivity contribution < 1.29 is 22.7 Å². The molecular formula is C25H33N3O5S. The molecule has 9 heteroatoms. The Morgan fingerprint density at radius 1 is 1.12 bits per heavy atom. The second kappa shape index (κ2) is 10.0. The quantitative estimate of drug-likeness (QED) is 0.565. The SMILES string of the molecule is CCC(=O)Nc1ccc(S(=O)(=O)Nc2ccc3c(c2)OCC(C)(C)C(=O)N3CCC(C)C)cc1. The summed E-state index contributed by atoms with van der Waals surface area (Å²) in [6.45, 7) is 10.4. The van der Waals surface area contributed by atoms with Gasteiger partial charge >= 0.3 is 0 Å². The fraction of sp³-hybridized carbons (Fsp3) is 0.440. The molecule has 8 nitrogen and oxygen atoms in total. The largest absolute Gasteiger partial charge is 0.490 e. The summed E-state index contributed by atoms with van der Waals surface area (Å²) in [4.78, 5) is 26.5. The van der Waals surface area contributed by atoms with E-state index in [1.54, 1.807) is 42.2 Å². The van der Waals surface area contributed by atoms with Gasteiger partial charge in [0.2, 0.25) is 11.8 Å². The fourth-order valence-corrected chi connectivity index (χ4v) is 4.55. The predicted molar refractivity (Wildman–Crippen MR) is 134 cm³/mol. The maximum Gasteiger partial charge on any atom is 0.261 e. The summed E-state index contributed by atoms with van der Waals surface area (Å²) in [6.07, 6.45) is 1.17. The van der Waals surface area contributed by atoms with E-state index in [1.165, 1.54) is 12.1 Å². The molecule has 1 aliphatic rings. The first kappa shape index (κ1) is 25.6. The number of nitrogens with one attached hydrogen (secondary N) is 2. The lowest BCUT2D eigenvalue weighted by atomic mass is 9.92. The molecule has 2 aromatic carbocycles. The maximum absolute atomic E-state index is 13.2. The van der Waals surface area contributed by atoms with Gasteiger partial charge in [0.25, 0.3) is 10.0 Å². The van der Waals surface area contributed by atoms with E-state index in [4.69, 9.17) is 4.74 Å². The highest BCUT2D eigenvalue weighted by atomic mass is 32.2. The number of hydrogen-bond acceptors (Lipinski definition) is 5. The minimum absolute atomic E-state index is 0.0181. The Hall–Kier alpha value is -3.07. The number of anilines is 3. The van der Waals surface area contributed by atoms with Crippen molar-refractivity contribution in [2.45, 2.75) is 52.4 Å². The van der Waals surface area contributed by atoms with E-state index in [0.29, 0.717) is 41.7 Å². The summed E-state index contributed by atoms with van der Waals surface area (Å²) in [6, 6.07) is 10.9. The van der Waals surface area contributed by atoms with Gasteiger partial charge in [-0.15, -0.1) is 0 Å². The van der Waals surface area contributed by atoms with Crippen molar-refractivity contribution in [2.75, 3.05) is 28.1 Å². The molecule has 0 radical (unpaired) electrons. The molecule has 0 fully saturated rings. The van der Waals surface area contributed by atoms with Crippen LogP contribution in [-0.4, -0.2) is 33.4 Å². The first-order valence-electron chi connectivity index (χ1n) is 11.4. The molecule has 2 amide bonds. The van der Waals surface area contributed by atoms with Gasteiger partial charge in [0.15, 0.2) is 0 Å². The molecule has 34 heavy (non-hydrogen) atoms. The Kier molecular flexibility index (Phi) is 7.55. The van der Waals surface area contributed by atoms with Crippen LogP contribution in [0.25, 0.3) is 0 Å². The lowest BCUT2D eigenvalue weighted by Crippen LogP contribution is -2.42. The van der Waals surface area contributed by atoms with Crippen molar-refractivity contribution in [3.8, 4) is 5.75 Å². The monoisotopic (exact) mass is 487 g/mol. The topological polar surface area (TPSA) is 105 Å². The molecule has 0 saturated heterocycles. The predicted octanol–water partition coefficient (Wildman–Crippen LogP) is 4.63. The number of carbonyl (C=O) groups is 2. The second-order valence-electron chi connectivity index (χ2n) is 9.53. The third kappa shape index (κ3) is 5.88. The van der Waals surface area contributed by atoms with Crippen LogP contribution in [0.15, 0.2) is 47.4 Å². The van der Waals surface area contributed by atoms with Crippen LogP contribution in [0, 0.1) is 11.3 Å². The molecule has 3 rings (SSSR count). The van der Waals surface area contributed by atoms with Crippen LogP contribution >= 0.6 is 0 Å². The van der Waals surface area contributed by atoms with Gasteiger partial charge in [-0.05, 0) is 62.6 Å². The molecule has 0 aromatic heterocycles. The van der Waals surface area contributed by atoms with Gasteiger partial charge in [-0.3, -0.25) is 14.3 Å². The van der Waals surface area contributed by atoms with Gasteiger partial charge < -0.3 is 15.0 Å². The molecule has 0 unspecified atom stereocenters. The number of benzene rings is 2. The average Bonchev–Trinajstić information content (AvgIpc) is 2.87. The van der Waals surface area contributed by atoms with Crippen LogP contribution in [-0.2, 0) is 19.6 Å². The third-order valence-corrected chi connectivity index (χ3v) is 7.01. The number of ether oxygens (including phenoxy) is 1. The number of amides is 2. The summed E-state index contributed by atoms with van der Waals surface area (Å²) < 4.78 is 34.4. The van der Waals surface area contributed by atoms with Gasteiger partial charge in [-0.1, -0.05) is 20.8 Å². The Morgan fingerprint density at radius 3 is 2.38 bits per heavy atom.